The fraction of sp³-hybridized carbons (Fsp3) is 0.700. The molecule has 4 heteroatoms. The topological polar surface area (TPSA) is 43.8 Å². The van der Waals surface area contributed by atoms with Gasteiger partial charge in [0.1, 0.15) is 5.67 Å². The van der Waals surface area contributed by atoms with Crippen molar-refractivity contribution in [3.63, 3.8) is 0 Å². The number of hydrogen-bond donors (Lipinski definition) is 1. The van der Waals surface area contributed by atoms with Gasteiger partial charge in [-0.05, 0) is 19.8 Å². The highest BCUT2D eigenvalue weighted by Gasteiger charge is 2.40. The van der Waals surface area contributed by atoms with Crippen LogP contribution in [0.15, 0.2) is 12.4 Å². The van der Waals surface area contributed by atoms with Crippen molar-refractivity contribution < 1.29 is 4.39 Å². The number of alkyl halides is 1. The second-order valence-corrected chi connectivity index (χ2v) is 4.05. The number of halogens is 1. The van der Waals surface area contributed by atoms with Crippen LogP contribution in [0.1, 0.15) is 31.7 Å². The molecule has 0 amide bonds. The molecule has 2 rings (SSSR count). The van der Waals surface area contributed by atoms with Crippen LogP contribution in [0.4, 0.5) is 4.39 Å². The third-order valence-electron chi connectivity index (χ3n) is 2.97. The average Bonchev–Trinajstić information content (AvgIpc) is 2.73. The minimum Gasteiger partial charge on any atom is -0.328 e. The van der Waals surface area contributed by atoms with Crippen LogP contribution < -0.4 is 5.73 Å². The third-order valence-corrected chi connectivity index (χ3v) is 2.97. The Labute approximate surface area is 83.1 Å². The molecule has 3 nitrogen and oxygen atoms in total. The highest BCUT2D eigenvalue weighted by atomic mass is 19.1. The Balaban J connectivity index is 2.21. The molecule has 1 aromatic rings. The predicted molar refractivity (Wildman–Crippen MR) is 52.5 cm³/mol. The van der Waals surface area contributed by atoms with E-state index >= 15 is 0 Å². The first-order valence-electron chi connectivity index (χ1n) is 5.11. The second kappa shape index (κ2) is 3.35. The highest BCUT2D eigenvalue weighted by Crippen LogP contribution is 2.41. The van der Waals surface area contributed by atoms with Crippen LogP contribution >= 0.6 is 0 Å². The van der Waals surface area contributed by atoms with E-state index in [0.717, 1.165) is 13.0 Å². The van der Waals surface area contributed by atoms with E-state index < -0.39 is 5.67 Å². The first-order valence-corrected chi connectivity index (χ1v) is 5.11. The van der Waals surface area contributed by atoms with Crippen molar-refractivity contribution in [2.45, 2.75) is 44.4 Å². The van der Waals surface area contributed by atoms with Gasteiger partial charge in [0.15, 0.2) is 0 Å². The van der Waals surface area contributed by atoms with Gasteiger partial charge < -0.3 is 5.73 Å². The monoisotopic (exact) mass is 197 g/mol. The molecule has 1 aromatic heterocycles. The SMILES string of the molecule is CCn1cc(C2(F)CCC(N)C2)cn1. The molecule has 0 radical (unpaired) electrons. The first kappa shape index (κ1) is 9.65. The van der Waals surface area contributed by atoms with Crippen LogP contribution in [-0.4, -0.2) is 15.8 Å². The number of aryl methyl sites for hydroxylation is 1. The lowest BCUT2D eigenvalue weighted by atomic mass is 9.97. The summed E-state index contributed by atoms with van der Waals surface area (Å²) in [5, 5.41) is 4.09. The molecule has 2 unspecified atom stereocenters. The van der Waals surface area contributed by atoms with Gasteiger partial charge in [0.2, 0.25) is 0 Å². The van der Waals surface area contributed by atoms with Crippen LogP contribution in [0, 0.1) is 0 Å². The third kappa shape index (κ3) is 1.54. The summed E-state index contributed by atoms with van der Waals surface area (Å²) in [7, 11) is 0. The number of hydrogen-bond acceptors (Lipinski definition) is 2. The average molecular weight is 197 g/mol. The van der Waals surface area contributed by atoms with Crippen molar-refractivity contribution in [1.29, 1.82) is 0 Å². The lowest BCUT2D eigenvalue weighted by molar-refractivity contribution is 0.172. The summed E-state index contributed by atoms with van der Waals surface area (Å²) in [6.07, 6.45) is 5.15. The highest BCUT2D eigenvalue weighted by molar-refractivity contribution is 5.18. The molecular formula is C10H16FN3. The molecule has 1 fully saturated rings. The van der Waals surface area contributed by atoms with Gasteiger partial charge in [0.25, 0.3) is 0 Å². The maximum Gasteiger partial charge on any atom is 0.140 e. The van der Waals surface area contributed by atoms with Gasteiger partial charge in [-0.3, -0.25) is 4.68 Å². The van der Waals surface area contributed by atoms with Gasteiger partial charge in [-0.25, -0.2) is 4.39 Å². The van der Waals surface area contributed by atoms with E-state index in [1.54, 1.807) is 17.1 Å². The maximum atomic E-state index is 14.3. The Morgan fingerprint density at radius 2 is 2.57 bits per heavy atom. The van der Waals surface area contributed by atoms with E-state index in [-0.39, 0.29) is 6.04 Å². The van der Waals surface area contributed by atoms with Crippen molar-refractivity contribution >= 4 is 0 Å². The molecular weight excluding hydrogens is 181 g/mol. The van der Waals surface area contributed by atoms with Crippen LogP contribution in [0.5, 0.6) is 0 Å². The van der Waals surface area contributed by atoms with E-state index in [2.05, 4.69) is 5.10 Å². The van der Waals surface area contributed by atoms with Gasteiger partial charge in [-0.15, -0.1) is 0 Å². The molecule has 1 aliphatic carbocycles. The first-order chi connectivity index (χ1) is 6.64. The molecule has 1 saturated carbocycles. The molecule has 0 bridgehead atoms. The Kier molecular flexibility index (Phi) is 2.31. The van der Waals surface area contributed by atoms with Crippen molar-refractivity contribution in [2.75, 3.05) is 0 Å². The Hall–Kier alpha value is -0.900. The van der Waals surface area contributed by atoms with Gasteiger partial charge in [-0.2, -0.15) is 5.10 Å². The van der Waals surface area contributed by atoms with E-state index in [1.165, 1.54) is 0 Å². The molecule has 1 aliphatic rings. The van der Waals surface area contributed by atoms with Crippen LogP contribution in [-0.2, 0) is 12.2 Å². The van der Waals surface area contributed by atoms with Crippen molar-refractivity contribution in [3.05, 3.63) is 18.0 Å². The molecule has 2 N–H and O–H groups in total. The normalized spacial score (nSPS) is 32.4. The summed E-state index contributed by atoms with van der Waals surface area (Å²) >= 11 is 0. The molecule has 0 aromatic carbocycles. The fourth-order valence-corrected chi connectivity index (χ4v) is 2.06. The minimum atomic E-state index is -1.23. The number of nitrogens with two attached hydrogens (primary N) is 1. The van der Waals surface area contributed by atoms with E-state index in [9.17, 15) is 4.39 Å². The molecule has 0 saturated heterocycles. The quantitative estimate of drug-likeness (QED) is 0.782. The number of nitrogens with zero attached hydrogens (tertiary/aromatic N) is 2. The van der Waals surface area contributed by atoms with Gasteiger partial charge in [-0.1, -0.05) is 0 Å². The van der Waals surface area contributed by atoms with Gasteiger partial charge in [0.05, 0.1) is 6.20 Å². The van der Waals surface area contributed by atoms with Crippen molar-refractivity contribution in [2.24, 2.45) is 5.73 Å². The fourth-order valence-electron chi connectivity index (χ4n) is 2.06. The zero-order chi connectivity index (χ0) is 10.2. The van der Waals surface area contributed by atoms with Crippen molar-refractivity contribution in [1.82, 2.24) is 9.78 Å². The zero-order valence-corrected chi connectivity index (χ0v) is 8.41. The summed E-state index contributed by atoms with van der Waals surface area (Å²) in [4.78, 5) is 0. The molecule has 2 atom stereocenters. The number of rotatable bonds is 2. The zero-order valence-electron chi connectivity index (χ0n) is 8.41. The summed E-state index contributed by atoms with van der Waals surface area (Å²) in [5.74, 6) is 0. The summed E-state index contributed by atoms with van der Waals surface area (Å²) in [6.45, 7) is 2.77. The lowest BCUT2D eigenvalue weighted by Gasteiger charge is -2.16. The molecule has 1 heterocycles. The smallest absolute Gasteiger partial charge is 0.140 e. The maximum absolute atomic E-state index is 14.3. The summed E-state index contributed by atoms with van der Waals surface area (Å²) < 4.78 is 16.1. The number of aromatic nitrogens is 2. The molecule has 14 heavy (non-hydrogen) atoms. The Bertz CT molecular complexity index is 323. The summed E-state index contributed by atoms with van der Waals surface area (Å²) in [5.41, 5.74) is 5.18. The van der Waals surface area contributed by atoms with Crippen LogP contribution in [0.3, 0.4) is 0 Å². The van der Waals surface area contributed by atoms with Crippen LogP contribution in [0.25, 0.3) is 0 Å². The minimum absolute atomic E-state index is 0.00461. The van der Waals surface area contributed by atoms with Gasteiger partial charge >= 0.3 is 0 Å². The predicted octanol–water partition coefficient (Wildman–Crippen LogP) is 1.58. The Morgan fingerprint density at radius 3 is 3.07 bits per heavy atom. The van der Waals surface area contributed by atoms with Crippen LogP contribution in [0.2, 0.25) is 0 Å². The largest absolute Gasteiger partial charge is 0.328 e. The van der Waals surface area contributed by atoms with Crippen molar-refractivity contribution in [3.8, 4) is 0 Å². The van der Waals surface area contributed by atoms with E-state index in [0.29, 0.717) is 18.4 Å². The standard InChI is InChI=1S/C10H16FN3/c1-2-14-7-8(6-13-14)10(11)4-3-9(12)5-10/h6-7,9H,2-5,12H2,1H3. The van der Waals surface area contributed by atoms with Gasteiger partial charge in [0, 0.05) is 30.8 Å². The van der Waals surface area contributed by atoms with E-state index in [1.807, 2.05) is 6.92 Å². The molecule has 0 aliphatic heterocycles. The Morgan fingerprint density at radius 1 is 1.79 bits per heavy atom. The summed E-state index contributed by atoms with van der Waals surface area (Å²) in [6, 6.07) is 0.00461. The van der Waals surface area contributed by atoms with E-state index in [4.69, 9.17) is 5.73 Å². The molecule has 78 valence electrons. The molecule has 0 spiro atoms. The second-order valence-electron chi connectivity index (χ2n) is 4.05. The lowest BCUT2D eigenvalue weighted by Crippen LogP contribution is -2.21.